The molecule has 0 radical (unpaired) electrons. The molecule has 3 aromatic rings. The summed E-state index contributed by atoms with van der Waals surface area (Å²) in [4.78, 5) is 20.9. The number of ether oxygens (including phenoxy) is 1. The largest absolute Gasteiger partial charge is 0.497 e. The number of halogens is 4. The Morgan fingerprint density at radius 3 is 2.40 bits per heavy atom. The molecule has 0 atom stereocenters. The summed E-state index contributed by atoms with van der Waals surface area (Å²) in [6.45, 7) is 0.443. The minimum atomic E-state index is -4.91. The fraction of sp³-hybridized carbons (Fsp3) is 0.200. The fourth-order valence-corrected chi connectivity index (χ4v) is 4.33. The number of anilines is 1. The van der Waals surface area contributed by atoms with Crippen molar-refractivity contribution in [2.75, 3.05) is 32.6 Å². The topological polar surface area (TPSA) is 71.2 Å². The highest BCUT2D eigenvalue weighted by molar-refractivity contribution is 6.51. The summed E-state index contributed by atoms with van der Waals surface area (Å²) < 4.78 is 61.6. The van der Waals surface area contributed by atoms with Crippen LogP contribution in [0, 0.1) is 5.82 Å². The van der Waals surface area contributed by atoms with Crippen molar-refractivity contribution in [2.24, 2.45) is 10.7 Å². The molecule has 0 spiro atoms. The molecule has 3 aromatic carbocycles. The van der Waals surface area contributed by atoms with Crippen LogP contribution >= 0.6 is 0 Å². The highest BCUT2D eigenvalue weighted by Crippen LogP contribution is 2.32. The van der Waals surface area contributed by atoms with E-state index in [2.05, 4.69) is 4.99 Å². The van der Waals surface area contributed by atoms with Crippen molar-refractivity contribution >= 4 is 23.0 Å². The molecule has 1 aliphatic rings. The Balaban J connectivity index is 1.78. The van der Waals surface area contributed by atoms with Gasteiger partial charge in [-0.3, -0.25) is 4.79 Å². The van der Waals surface area contributed by atoms with E-state index in [0.717, 1.165) is 22.1 Å². The van der Waals surface area contributed by atoms with E-state index in [0.29, 0.717) is 17.9 Å². The number of allylic oxidation sites excluding steroid dienone is 2. The quantitative estimate of drug-likeness (QED) is 0.380. The molecule has 0 fully saturated rings. The lowest BCUT2D eigenvalue weighted by molar-refractivity contribution is -0.112. The number of hydrogen-bond donors (Lipinski definition) is 1. The summed E-state index contributed by atoms with van der Waals surface area (Å²) >= 11 is 0. The van der Waals surface area contributed by atoms with Gasteiger partial charge in [0.1, 0.15) is 23.0 Å². The van der Waals surface area contributed by atoms with Crippen molar-refractivity contribution in [1.29, 1.82) is 0 Å². The number of benzene rings is 3. The maximum absolute atomic E-state index is 15.6. The summed E-state index contributed by atoms with van der Waals surface area (Å²) in [5.74, 6) is -1.14. The third-order valence-corrected chi connectivity index (χ3v) is 6.24. The Morgan fingerprint density at radius 2 is 1.77 bits per heavy atom. The van der Waals surface area contributed by atoms with Crippen LogP contribution in [0.3, 0.4) is 0 Å². The van der Waals surface area contributed by atoms with Gasteiger partial charge >= 0.3 is 6.18 Å². The van der Waals surface area contributed by atoms with E-state index in [1.165, 1.54) is 37.5 Å². The Kier molecular flexibility index (Phi) is 8.39. The molecular weight excluding hydrogens is 524 g/mol. The van der Waals surface area contributed by atoms with Gasteiger partial charge in [-0.15, -0.1) is 0 Å². The number of nitrogens with zero attached hydrogens (tertiary/aromatic N) is 3. The molecule has 10 heteroatoms. The van der Waals surface area contributed by atoms with Gasteiger partial charge in [-0.1, -0.05) is 42.5 Å². The average molecular weight is 553 g/mol. The van der Waals surface area contributed by atoms with Gasteiger partial charge in [-0.05, 0) is 67.2 Å². The number of alkyl halides is 3. The summed E-state index contributed by atoms with van der Waals surface area (Å²) in [5, 5.41) is 0. The van der Waals surface area contributed by atoms with Crippen LogP contribution in [0.1, 0.15) is 5.56 Å². The molecule has 4 rings (SSSR count). The van der Waals surface area contributed by atoms with E-state index in [1.807, 2.05) is 43.3 Å². The second kappa shape index (κ2) is 11.7. The zero-order valence-electron chi connectivity index (χ0n) is 22.2. The number of amides is 1. The number of rotatable bonds is 6. The lowest BCUT2D eigenvalue weighted by Gasteiger charge is -2.22. The SMILES string of the molecule is COc1ccc(N=C2C(=O)N(c3ccc(-c4ccccc4CN(C)C)cc3F)CC=CC2=C(N)C(F)(F)F)cc1. The van der Waals surface area contributed by atoms with Crippen molar-refractivity contribution in [3.8, 4) is 16.9 Å². The van der Waals surface area contributed by atoms with E-state index in [9.17, 15) is 18.0 Å². The normalized spacial score (nSPS) is 16.4. The second-order valence-electron chi connectivity index (χ2n) is 9.36. The molecule has 1 heterocycles. The number of nitrogens with two attached hydrogens (primary N) is 1. The van der Waals surface area contributed by atoms with Crippen molar-refractivity contribution in [1.82, 2.24) is 4.90 Å². The van der Waals surface area contributed by atoms with Crippen LogP contribution in [0.15, 0.2) is 95.1 Å². The molecule has 1 aliphatic heterocycles. The first-order valence-electron chi connectivity index (χ1n) is 12.3. The van der Waals surface area contributed by atoms with E-state index >= 15 is 4.39 Å². The molecule has 0 unspecified atom stereocenters. The smallest absolute Gasteiger partial charge is 0.431 e. The molecule has 1 amide bonds. The first-order valence-corrected chi connectivity index (χ1v) is 12.3. The molecule has 0 saturated carbocycles. The molecule has 0 bridgehead atoms. The van der Waals surface area contributed by atoms with Gasteiger partial charge in [-0.25, -0.2) is 9.38 Å². The zero-order valence-corrected chi connectivity index (χ0v) is 22.2. The number of carbonyl (C=O) groups excluding carboxylic acids is 1. The Bertz CT molecular complexity index is 1490. The van der Waals surface area contributed by atoms with Gasteiger partial charge in [0.15, 0.2) is 0 Å². The first kappa shape index (κ1) is 28.6. The lowest BCUT2D eigenvalue weighted by Crippen LogP contribution is -2.38. The zero-order chi connectivity index (χ0) is 29.0. The van der Waals surface area contributed by atoms with E-state index in [1.54, 1.807) is 18.2 Å². The van der Waals surface area contributed by atoms with Crippen LogP contribution in [0.25, 0.3) is 11.1 Å². The third-order valence-electron chi connectivity index (χ3n) is 6.24. The van der Waals surface area contributed by atoms with Crippen molar-refractivity contribution in [3.05, 3.63) is 102 Å². The Morgan fingerprint density at radius 1 is 1.07 bits per heavy atom. The van der Waals surface area contributed by atoms with Crippen LogP contribution < -0.4 is 15.4 Å². The maximum atomic E-state index is 15.6. The number of methoxy groups -OCH3 is 1. The molecule has 0 saturated heterocycles. The van der Waals surface area contributed by atoms with Crippen molar-refractivity contribution < 1.29 is 27.1 Å². The predicted octanol–water partition coefficient (Wildman–Crippen LogP) is 6.01. The Labute approximate surface area is 229 Å². The number of carbonyl (C=O) groups is 1. The van der Waals surface area contributed by atoms with Crippen LogP contribution in [0.2, 0.25) is 0 Å². The molecule has 208 valence electrons. The first-order chi connectivity index (χ1) is 19.0. The third kappa shape index (κ3) is 6.23. The Hall–Kier alpha value is -4.44. The van der Waals surface area contributed by atoms with Gasteiger partial charge in [0.05, 0.1) is 18.5 Å². The fourth-order valence-electron chi connectivity index (χ4n) is 4.33. The van der Waals surface area contributed by atoms with E-state index in [-0.39, 0.29) is 17.9 Å². The molecule has 0 aromatic heterocycles. The summed E-state index contributed by atoms with van der Waals surface area (Å²) in [5.41, 5.74) is 5.33. The minimum Gasteiger partial charge on any atom is -0.497 e. The maximum Gasteiger partial charge on any atom is 0.431 e. The van der Waals surface area contributed by atoms with Crippen LogP contribution in [0.4, 0.5) is 28.9 Å². The van der Waals surface area contributed by atoms with Crippen LogP contribution in [0.5, 0.6) is 5.75 Å². The second-order valence-corrected chi connectivity index (χ2v) is 9.36. The van der Waals surface area contributed by atoms with Crippen LogP contribution in [-0.2, 0) is 11.3 Å². The summed E-state index contributed by atoms with van der Waals surface area (Å²) in [6, 6.07) is 18.1. The van der Waals surface area contributed by atoms with Crippen LogP contribution in [-0.4, -0.2) is 50.4 Å². The van der Waals surface area contributed by atoms with Gasteiger partial charge in [0.2, 0.25) is 0 Å². The van der Waals surface area contributed by atoms with Gasteiger partial charge in [0, 0.05) is 18.7 Å². The minimum absolute atomic E-state index is 0.0993. The van der Waals surface area contributed by atoms with Gasteiger partial charge in [-0.2, -0.15) is 13.2 Å². The lowest BCUT2D eigenvalue weighted by atomic mass is 9.98. The highest BCUT2D eigenvalue weighted by Gasteiger charge is 2.38. The molecule has 6 nitrogen and oxygen atoms in total. The number of aliphatic imine (C=N–C) groups is 1. The number of hydrogen-bond acceptors (Lipinski definition) is 5. The predicted molar refractivity (Wildman–Crippen MR) is 148 cm³/mol. The molecule has 2 N–H and O–H groups in total. The highest BCUT2D eigenvalue weighted by atomic mass is 19.4. The summed E-state index contributed by atoms with van der Waals surface area (Å²) in [6.07, 6.45) is -2.50. The van der Waals surface area contributed by atoms with Gasteiger partial charge < -0.3 is 20.3 Å². The average Bonchev–Trinajstić information content (AvgIpc) is 3.07. The molecule has 0 aliphatic carbocycles. The van der Waals surface area contributed by atoms with E-state index in [4.69, 9.17) is 10.5 Å². The monoisotopic (exact) mass is 552 g/mol. The van der Waals surface area contributed by atoms with Crippen molar-refractivity contribution in [3.63, 3.8) is 0 Å². The standard InChI is InChI=1S/C30H28F4N4O2/c1-37(2)18-20-7-4-5-8-23(20)19-10-15-26(25(31)17-19)38-16-6-9-24(28(35)30(32,33)34)27(29(38)39)36-21-11-13-22(40-3)14-12-21/h4-15,17H,16,18,35H2,1-3H3. The summed E-state index contributed by atoms with van der Waals surface area (Å²) in [7, 11) is 5.32. The van der Waals surface area contributed by atoms with Gasteiger partial charge in [0.25, 0.3) is 5.91 Å². The molecular formula is C30H28F4N4O2. The molecule has 40 heavy (non-hydrogen) atoms. The van der Waals surface area contributed by atoms with E-state index < -0.39 is 34.9 Å². The van der Waals surface area contributed by atoms with Crippen molar-refractivity contribution in [2.45, 2.75) is 12.7 Å².